The third kappa shape index (κ3) is 3.81. The first kappa shape index (κ1) is 19.5. The Kier molecular flexibility index (Phi) is 5.20. The molecule has 4 aliphatic heterocycles. The summed E-state index contributed by atoms with van der Waals surface area (Å²) in [5, 5.41) is 3.04. The van der Waals surface area contributed by atoms with Gasteiger partial charge in [-0.05, 0) is 36.5 Å². The molecule has 5 rings (SSSR count). The average molecular weight is 413 g/mol. The van der Waals surface area contributed by atoms with E-state index in [1.54, 1.807) is 4.90 Å². The molecule has 1 aromatic carbocycles. The van der Waals surface area contributed by atoms with Crippen molar-refractivity contribution in [2.75, 3.05) is 33.0 Å². The zero-order chi connectivity index (χ0) is 20.7. The molecule has 30 heavy (non-hydrogen) atoms. The highest BCUT2D eigenvalue weighted by Crippen LogP contribution is 2.30. The predicted molar refractivity (Wildman–Crippen MR) is 111 cm³/mol. The second-order valence-corrected chi connectivity index (χ2v) is 8.75. The van der Waals surface area contributed by atoms with Gasteiger partial charge >= 0.3 is 6.03 Å². The van der Waals surface area contributed by atoms with E-state index in [0.29, 0.717) is 18.6 Å². The van der Waals surface area contributed by atoms with Crippen LogP contribution in [0.3, 0.4) is 0 Å². The third-order valence-electron chi connectivity index (χ3n) is 6.60. The monoisotopic (exact) mass is 413 g/mol. The summed E-state index contributed by atoms with van der Waals surface area (Å²) in [4.78, 5) is 23.9. The molecule has 8 heteroatoms. The largest absolute Gasteiger partial charge is 0.381 e. The van der Waals surface area contributed by atoms with E-state index in [1.165, 1.54) is 12.1 Å². The number of likely N-dealkylation sites (tertiary alicyclic amines) is 1. The molecule has 2 saturated heterocycles. The zero-order valence-electron chi connectivity index (χ0n) is 17.3. The van der Waals surface area contributed by atoms with E-state index in [-0.39, 0.29) is 17.8 Å². The smallest absolute Gasteiger partial charge is 0.329 e. The van der Waals surface area contributed by atoms with Gasteiger partial charge in [-0.1, -0.05) is 19.1 Å². The quantitative estimate of drug-likeness (QED) is 0.824. The van der Waals surface area contributed by atoms with E-state index >= 15 is 0 Å². The molecule has 0 spiro atoms. The Balaban J connectivity index is 1.29. The number of carbonyl (C=O) groups is 1. The van der Waals surface area contributed by atoms with Crippen molar-refractivity contribution in [3.05, 3.63) is 47.7 Å². The van der Waals surface area contributed by atoms with Crippen molar-refractivity contribution in [1.29, 1.82) is 0 Å². The summed E-state index contributed by atoms with van der Waals surface area (Å²) >= 11 is 0. The topological polar surface area (TPSA) is 60.4 Å². The zero-order valence-corrected chi connectivity index (χ0v) is 17.3. The minimum Gasteiger partial charge on any atom is -0.381 e. The SMILES string of the molecule is C[C@H]1CN(Cc2ccc(F)cc2)C[C@@H]1C1=NC2=CN(C3CCOCC3)CN2C(=O)N1. The number of hydrogen-bond donors (Lipinski definition) is 1. The fourth-order valence-corrected chi connectivity index (χ4v) is 4.89. The normalized spacial score (nSPS) is 27.7. The number of ether oxygens (including phenoxy) is 1. The highest BCUT2D eigenvalue weighted by atomic mass is 19.1. The maximum Gasteiger partial charge on any atom is 0.329 e. The van der Waals surface area contributed by atoms with Crippen LogP contribution < -0.4 is 5.32 Å². The van der Waals surface area contributed by atoms with Crippen LogP contribution >= 0.6 is 0 Å². The number of urea groups is 1. The van der Waals surface area contributed by atoms with Gasteiger partial charge in [0.25, 0.3) is 0 Å². The van der Waals surface area contributed by atoms with E-state index in [2.05, 4.69) is 22.0 Å². The number of rotatable bonds is 4. The van der Waals surface area contributed by atoms with Crippen LogP contribution in [0.5, 0.6) is 0 Å². The number of aliphatic imine (C=N–C) groups is 1. The van der Waals surface area contributed by atoms with E-state index in [1.807, 2.05) is 18.3 Å². The first-order valence-electron chi connectivity index (χ1n) is 10.8. The first-order valence-corrected chi connectivity index (χ1v) is 10.8. The number of nitrogens with zero attached hydrogens (tertiary/aromatic N) is 4. The molecule has 2 fully saturated rings. The van der Waals surface area contributed by atoms with Gasteiger partial charge in [0.2, 0.25) is 0 Å². The molecule has 0 saturated carbocycles. The molecule has 1 aromatic rings. The molecule has 1 N–H and O–H groups in total. The van der Waals surface area contributed by atoms with Crippen LogP contribution in [-0.4, -0.2) is 65.6 Å². The molecule has 0 bridgehead atoms. The highest BCUT2D eigenvalue weighted by molar-refractivity contribution is 6.02. The summed E-state index contributed by atoms with van der Waals surface area (Å²) in [6, 6.07) is 6.98. The summed E-state index contributed by atoms with van der Waals surface area (Å²) in [6.07, 6.45) is 3.99. The maximum atomic E-state index is 13.2. The lowest BCUT2D eigenvalue weighted by molar-refractivity contribution is 0.0459. The van der Waals surface area contributed by atoms with Crippen LogP contribution in [0.4, 0.5) is 9.18 Å². The van der Waals surface area contributed by atoms with Crippen LogP contribution in [0.2, 0.25) is 0 Å². The van der Waals surface area contributed by atoms with Crippen molar-refractivity contribution in [1.82, 2.24) is 20.0 Å². The Labute approximate surface area is 176 Å². The molecule has 2 atom stereocenters. The molecule has 4 heterocycles. The van der Waals surface area contributed by atoms with Gasteiger partial charge in [-0.3, -0.25) is 15.1 Å². The average Bonchev–Trinajstić information content (AvgIpc) is 3.34. The number of carbonyl (C=O) groups excluding carboxylic acids is 1. The van der Waals surface area contributed by atoms with Crippen molar-refractivity contribution in [3.63, 3.8) is 0 Å². The van der Waals surface area contributed by atoms with Gasteiger partial charge in [-0.15, -0.1) is 0 Å². The third-order valence-corrected chi connectivity index (χ3v) is 6.60. The lowest BCUT2D eigenvalue weighted by Gasteiger charge is -2.32. The molecule has 2 amide bonds. The van der Waals surface area contributed by atoms with Gasteiger partial charge in [0.05, 0.1) is 0 Å². The fraction of sp³-hybridized carbons (Fsp3) is 0.545. The van der Waals surface area contributed by atoms with E-state index in [9.17, 15) is 9.18 Å². The lowest BCUT2D eigenvalue weighted by atomic mass is 9.96. The van der Waals surface area contributed by atoms with Crippen molar-refractivity contribution >= 4 is 11.9 Å². The number of hydrogen-bond acceptors (Lipinski definition) is 5. The maximum absolute atomic E-state index is 13.2. The molecule has 4 aliphatic rings. The standard InChI is InChI=1S/C22H28FN5O2/c1-15-10-26(11-16-2-4-17(23)5-3-16)12-19(15)21-24-20-13-27(14-28(20)22(29)25-21)18-6-8-30-9-7-18/h2-5,13,15,18-19H,6-12,14H2,1H3,(H,24,25,29)/t15-,19-/m0/s1. The number of amides is 2. The van der Waals surface area contributed by atoms with E-state index in [0.717, 1.165) is 62.9 Å². The lowest BCUT2D eigenvalue weighted by Crippen LogP contribution is -2.50. The van der Waals surface area contributed by atoms with Crippen LogP contribution in [-0.2, 0) is 11.3 Å². The van der Waals surface area contributed by atoms with Gasteiger partial charge in [0.1, 0.15) is 18.3 Å². The first-order chi connectivity index (χ1) is 14.6. The van der Waals surface area contributed by atoms with Crippen LogP contribution in [0.1, 0.15) is 25.3 Å². The Bertz CT molecular complexity index is 865. The van der Waals surface area contributed by atoms with Gasteiger partial charge in [-0.25, -0.2) is 14.2 Å². The van der Waals surface area contributed by atoms with Crippen molar-refractivity contribution in [2.24, 2.45) is 16.8 Å². The second kappa shape index (κ2) is 8.00. The number of nitrogens with one attached hydrogen (secondary N) is 1. The van der Waals surface area contributed by atoms with Gasteiger partial charge in [0, 0.05) is 51.0 Å². The molecule has 0 unspecified atom stereocenters. The van der Waals surface area contributed by atoms with Gasteiger partial charge < -0.3 is 9.64 Å². The summed E-state index contributed by atoms with van der Waals surface area (Å²) in [6.45, 7) is 6.83. The Hall–Kier alpha value is -2.45. The summed E-state index contributed by atoms with van der Waals surface area (Å²) in [5.74, 6) is 1.85. The molecule has 0 aromatic heterocycles. The van der Waals surface area contributed by atoms with Gasteiger partial charge in [-0.2, -0.15) is 0 Å². The van der Waals surface area contributed by atoms with Crippen molar-refractivity contribution in [3.8, 4) is 0 Å². The second-order valence-electron chi connectivity index (χ2n) is 8.75. The minimum atomic E-state index is -0.213. The van der Waals surface area contributed by atoms with Crippen LogP contribution in [0, 0.1) is 17.7 Å². The van der Waals surface area contributed by atoms with E-state index in [4.69, 9.17) is 9.73 Å². The summed E-state index contributed by atoms with van der Waals surface area (Å²) < 4.78 is 18.6. The van der Waals surface area contributed by atoms with Crippen molar-refractivity contribution < 1.29 is 13.9 Å². The number of amidine groups is 1. The fourth-order valence-electron chi connectivity index (χ4n) is 4.89. The molecular weight excluding hydrogens is 385 g/mol. The predicted octanol–water partition coefficient (Wildman–Crippen LogP) is 2.57. The summed E-state index contributed by atoms with van der Waals surface area (Å²) in [7, 11) is 0. The number of halogens is 1. The minimum absolute atomic E-state index is 0.0926. The van der Waals surface area contributed by atoms with E-state index < -0.39 is 0 Å². The molecule has 7 nitrogen and oxygen atoms in total. The van der Waals surface area contributed by atoms with Gasteiger partial charge in [0.15, 0.2) is 5.82 Å². The number of fused-ring (bicyclic) bond motifs is 1. The Morgan fingerprint density at radius 1 is 1.20 bits per heavy atom. The molecule has 160 valence electrons. The summed E-state index contributed by atoms with van der Waals surface area (Å²) in [5.41, 5.74) is 1.09. The Morgan fingerprint density at radius 3 is 2.73 bits per heavy atom. The van der Waals surface area contributed by atoms with Crippen LogP contribution in [0.15, 0.2) is 41.3 Å². The Morgan fingerprint density at radius 2 is 1.97 bits per heavy atom. The van der Waals surface area contributed by atoms with Crippen molar-refractivity contribution in [2.45, 2.75) is 32.4 Å². The van der Waals surface area contributed by atoms with Crippen LogP contribution in [0.25, 0.3) is 0 Å². The highest BCUT2D eigenvalue weighted by Gasteiger charge is 2.39. The molecule has 0 aliphatic carbocycles. The molecule has 0 radical (unpaired) electrons. The number of benzene rings is 1. The molecular formula is C22H28FN5O2.